The molecule has 0 amide bonds. The Morgan fingerprint density at radius 2 is 2.05 bits per heavy atom. The molecule has 0 aliphatic heterocycles. The van der Waals surface area contributed by atoms with Crippen molar-refractivity contribution in [1.29, 1.82) is 0 Å². The van der Waals surface area contributed by atoms with Gasteiger partial charge in [0.25, 0.3) is 10.0 Å². The van der Waals surface area contributed by atoms with Crippen molar-refractivity contribution in [3.05, 3.63) is 12.0 Å². The highest BCUT2D eigenvalue weighted by Gasteiger charge is 2.23. The maximum atomic E-state index is 12.2. The normalized spacial score (nSPS) is 23.9. The molecule has 6 nitrogen and oxygen atoms in total. The van der Waals surface area contributed by atoms with Crippen LogP contribution in [0.4, 0.5) is 0 Å². The lowest BCUT2D eigenvalue weighted by Crippen LogP contribution is -2.34. The van der Waals surface area contributed by atoms with Gasteiger partial charge in [-0.05, 0) is 45.4 Å². The monoisotopic (exact) mass is 300 g/mol. The van der Waals surface area contributed by atoms with Crippen molar-refractivity contribution in [2.45, 2.75) is 57.1 Å². The minimum atomic E-state index is -3.50. The first-order chi connectivity index (χ1) is 9.42. The molecule has 0 saturated heterocycles. The van der Waals surface area contributed by atoms with Crippen molar-refractivity contribution in [3.8, 4) is 0 Å². The molecule has 0 aromatic carbocycles. The maximum absolute atomic E-state index is 12.2. The van der Waals surface area contributed by atoms with E-state index in [9.17, 15) is 8.42 Å². The fourth-order valence-electron chi connectivity index (χ4n) is 2.62. The molecular weight excluding hydrogens is 276 g/mol. The molecule has 0 spiro atoms. The Hall–Kier alpha value is -0.920. The highest BCUT2D eigenvalue weighted by atomic mass is 32.2. The summed E-state index contributed by atoms with van der Waals surface area (Å²) in [6.45, 7) is 4.97. The van der Waals surface area contributed by atoms with Crippen molar-refractivity contribution in [2.24, 2.45) is 11.7 Å². The number of aryl methyl sites for hydroxylation is 2. The van der Waals surface area contributed by atoms with Crippen LogP contribution in [0, 0.1) is 12.8 Å². The summed E-state index contributed by atoms with van der Waals surface area (Å²) in [5.41, 5.74) is 5.85. The average Bonchev–Trinajstić information content (AvgIpc) is 2.80. The Labute approximate surface area is 120 Å². The fraction of sp³-hybridized carbons (Fsp3) is 0.769. The van der Waals surface area contributed by atoms with Crippen LogP contribution < -0.4 is 10.5 Å². The summed E-state index contributed by atoms with van der Waals surface area (Å²) in [6.07, 6.45) is 5.54. The van der Waals surface area contributed by atoms with E-state index in [-0.39, 0.29) is 11.1 Å². The largest absolute Gasteiger partial charge is 0.334 e. The third-order valence-electron chi connectivity index (χ3n) is 4.02. The Bertz CT molecular complexity index is 545. The van der Waals surface area contributed by atoms with E-state index in [4.69, 9.17) is 5.73 Å². The summed E-state index contributed by atoms with van der Waals surface area (Å²) in [6, 6.07) is 0.283. The number of aromatic nitrogens is 2. The fourth-order valence-corrected chi connectivity index (χ4v) is 3.74. The summed E-state index contributed by atoms with van der Waals surface area (Å²) >= 11 is 0. The van der Waals surface area contributed by atoms with Gasteiger partial charge in [-0.3, -0.25) is 0 Å². The number of rotatable bonds is 5. The molecule has 1 aliphatic carbocycles. The quantitative estimate of drug-likeness (QED) is 0.849. The number of nitrogens with one attached hydrogen (secondary N) is 1. The SMILES string of the molecule is CCn1cc(S(=O)(=O)NCC2CCC(N)CC2)nc1C. The minimum absolute atomic E-state index is 0.115. The van der Waals surface area contributed by atoms with Crippen LogP contribution in [0.3, 0.4) is 0 Å². The van der Waals surface area contributed by atoms with Crippen LogP contribution >= 0.6 is 0 Å². The second-order valence-electron chi connectivity index (χ2n) is 5.55. The maximum Gasteiger partial charge on any atom is 0.259 e. The number of hydrogen-bond acceptors (Lipinski definition) is 4. The lowest BCUT2D eigenvalue weighted by atomic mass is 9.87. The number of imidazole rings is 1. The highest BCUT2D eigenvalue weighted by molar-refractivity contribution is 7.89. The lowest BCUT2D eigenvalue weighted by Gasteiger charge is -2.25. The zero-order chi connectivity index (χ0) is 14.8. The number of hydrogen-bond donors (Lipinski definition) is 2. The standard InChI is InChI=1S/C13H24N4O2S/c1-3-17-9-13(16-10(17)2)20(18,19)15-8-11-4-6-12(14)7-5-11/h9,11-12,15H,3-8,14H2,1-2H3. The zero-order valence-corrected chi connectivity index (χ0v) is 13.0. The first kappa shape index (κ1) is 15.5. The number of sulfonamides is 1. The van der Waals surface area contributed by atoms with E-state index in [2.05, 4.69) is 9.71 Å². The van der Waals surface area contributed by atoms with Crippen molar-refractivity contribution in [3.63, 3.8) is 0 Å². The molecule has 114 valence electrons. The molecule has 0 unspecified atom stereocenters. The zero-order valence-electron chi connectivity index (χ0n) is 12.2. The van der Waals surface area contributed by atoms with Crippen LogP contribution in [0.15, 0.2) is 11.2 Å². The molecular formula is C13H24N4O2S. The lowest BCUT2D eigenvalue weighted by molar-refractivity contribution is 0.326. The second kappa shape index (κ2) is 6.24. The Morgan fingerprint density at radius 3 is 2.60 bits per heavy atom. The molecule has 2 rings (SSSR count). The summed E-state index contributed by atoms with van der Waals surface area (Å²) in [5.74, 6) is 1.11. The van der Waals surface area contributed by atoms with E-state index in [1.165, 1.54) is 0 Å². The molecule has 3 N–H and O–H groups in total. The van der Waals surface area contributed by atoms with Crippen molar-refractivity contribution < 1.29 is 8.42 Å². The summed E-state index contributed by atoms with van der Waals surface area (Å²) in [4.78, 5) is 4.12. The van der Waals surface area contributed by atoms with Gasteiger partial charge < -0.3 is 10.3 Å². The van der Waals surface area contributed by atoms with Crippen LogP contribution in [0.5, 0.6) is 0 Å². The van der Waals surface area contributed by atoms with E-state index in [0.717, 1.165) is 38.1 Å². The average molecular weight is 300 g/mol. The Morgan fingerprint density at radius 1 is 1.40 bits per heavy atom. The van der Waals surface area contributed by atoms with E-state index in [1.807, 2.05) is 18.4 Å². The molecule has 1 aromatic heterocycles. The topological polar surface area (TPSA) is 90.0 Å². The smallest absolute Gasteiger partial charge is 0.259 e. The van der Waals surface area contributed by atoms with Gasteiger partial charge in [-0.1, -0.05) is 0 Å². The van der Waals surface area contributed by atoms with Crippen molar-refractivity contribution in [2.75, 3.05) is 6.54 Å². The van der Waals surface area contributed by atoms with Gasteiger partial charge in [0.15, 0.2) is 5.03 Å². The van der Waals surface area contributed by atoms with Gasteiger partial charge in [0, 0.05) is 25.3 Å². The molecule has 20 heavy (non-hydrogen) atoms. The van der Waals surface area contributed by atoms with E-state index >= 15 is 0 Å². The number of nitrogens with two attached hydrogens (primary N) is 1. The molecule has 1 heterocycles. The third-order valence-corrected chi connectivity index (χ3v) is 5.32. The van der Waals surface area contributed by atoms with Crippen molar-refractivity contribution in [1.82, 2.24) is 14.3 Å². The van der Waals surface area contributed by atoms with Gasteiger partial charge in [0.1, 0.15) is 5.82 Å². The molecule has 1 aliphatic rings. The molecule has 1 saturated carbocycles. The predicted octanol–water partition coefficient (Wildman–Crippen LogP) is 1.01. The van der Waals surface area contributed by atoms with Gasteiger partial charge in [0.05, 0.1) is 0 Å². The number of nitrogens with zero attached hydrogens (tertiary/aromatic N) is 2. The van der Waals surface area contributed by atoms with E-state index in [0.29, 0.717) is 12.5 Å². The molecule has 7 heteroatoms. The Balaban J connectivity index is 1.96. The van der Waals surface area contributed by atoms with Crippen LogP contribution in [0.1, 0.15) is 38.4 Å². The van der Waals surface area contributed by atoms with Crippen LogP contribution in [-0.2, 0) is 16.6 Å². The van der Waals surface area contributed by atoms with Gasteiger partial charge in [-0.15, -0.1) is 0 Å². The van der Waals surface area contributed by atoms with Crippen LogP contribution in [0.2, 0.25) is 0 Å². The molecule has 0 atom stereocenters. The van der Waals surface area contributed by atoms with Crippen LogP contribution in [-0.4, -0.2) is 30.6 Å². The molecule has 0 radical (unpaired) electrons. The van der Waals surface area contributed by atoms with Gasteiger partial charge >= 0.3 is 0 Å². The van der Waals surface area contributed by atoms with Crippen molar-refractivity contribution >= 4 is 10.0 Å². The summed E-state index contributed by atoms with van der Waals surface area (Å²) < 4.78 is 28.9. The summed E-state index contributed by atoms with van der Waals surface area (Å²) in [7, 11) is -3.50. The summed E-state index contributed by atoms with van der Waals surface area (Å²) in [5, 5.41) is 0.115. The van der Waals surface area contributed by atoms with E-state index in [1.54, 1.807) is 6.20 Å². The first-order valence-corrected chi connectivity index (χ1v) is 8.69. The minimum Gasteiger partial charge on any atom is -0.334 e. The molecule has 1 fully saturated rings. The van der Waals surface area contributed by atoms with Gasteiger partial charge in [0.2, 0.25) is 0 Å². The first-order valence-electron chi connectivity index (χ1n) is 7.21. The predicted molar refractivity (Wildman–Crippen MR) is 77.8 cm³/mol. The Kier molecular flexibility index (Phi) is 4.82. The molecule has 1 aromatic rings. The second-order valence-corrected chi connectivity index (χ2v) is 7.26. The van der Waals surface area contributed by atoms with Gasteiger partial charge in [-0.2, -0.15) is 0 Å². The highest BCUT2D eigenvalue weighted by Crippen LogP contribution is 2.22. The third kappa shape index (κ3) is 3.59. The molecule has 0 bridgehead atoms. The van der Waals surface area contributed by atoms with E-state index < -0.39 is 10.0 Å². The van der Waals surface area contributed by atoms with Gasteiger partial charge in [-0.25, -0.2) is 18.1 Å². The van der Waals surface area contributed by atoms with Crippen LogP contribution in [0.25, 0.3) is 0 Å².